The Bertz CT molecular complexity index is 960. The number of phenols is 1. The van der Waals surface area contributed by atoms with E-state index in [0.29, 0.717) is 22.2 Å². The van der Waals surface area contributed by atoms with Gasteiger partial charge in [0.15, 0.2) is 5.11 Å². The molecule has 1 spiro atoms. The average molecular weight is 364 g/mol. The van der Waals surface area contributed by atoms with E-state index in [1.807, 2.05) is 4.90 Å². The lowest BCUT2D eigenvalue weighted by atomic mass is 9.75. The van der Waals surface area contributed by atoms with Gasteiger partial charge in [0.2, 0.25) is 0 Å². The fourth-order valence-electron chi connectivity index (χ4n) is 3.60. The quantitative estimate of drug-likeness (QED) is 0.650. The van der Waals surface area contributed by atoms with Crippen molar-refractivity contribution in [3.05, 3.63) is 53.5 Å². The first kappa shape index (κ1) is 16.5. The summed E-state index contributed by atoms with van der Waals surface area (Å²) in [6.45, 7) is 8.93. The highest BCUT2D eigenvalue weighted by molar-refractivity contribution is 7.81. The first-order valence-electron chi connectivity index (χ1n) is 8.30. The largest absolute Gasteiger partial charge is 0.508 e. The normalized spacial score (nSPS) is 18.2. The third kappa shape index (κ3) is 2.19. The van der Waals surface area contributed by atoms with Gasteiger partial charge in [0, 0.05) is 5.69 Å². The van der Waals surface area contributed by atoms with Crippen molar-refractivity contribution in [2.45, 2.75) is 31.7 Å². The van der Waals surface area contributed by atoms with E-state index in [4.69, 9.17) is 18.8 Å². The predicted molar refractivity (Wildman–Crippen MR) is 102 cm³/mol. The van der Waals surface area contributed by atoms with E-state index in [1.54, 1.807) is 37.3 Å². The number of aromatic hydroxyl groups is 1. The molecule has 1 amide bonds. The van der Waals surface area contributed by atoms with E-state index in [-0.39, 0.29) is 11.7 Å². The standard InChI is InChI=1S/C19H16N4O2S/c1-12-10-14(11-21-16(12)20-2)22-17(25)19(8-3-9-19)23(18(22)26)13-4-6-15(24)7-5-13/h4-7,10-11,24H,3,8-9H2,1H3. The fourth-order valence-corrected chi connectivity index (χ4v) is 4.07. The predicted octanol–water partition coefficient (Wildman–Crippen LogP) is 3.71. The van der Waals surface area contributed by atoms with E-state index >= 15 is 0 Å². The summed E-state index contributed by atoms with van der Waals surface area (Å²) in [6, 6.07) is 8.49. The summed E-state index contributed by atoms with van der Waals surface area (Å²) in [5.41, 5.74) is 1.41. The Morgan fingerprint density at radius 2 is 1.96 bits per heavy atom. The molecule has 0 unspecified atom stereocenters. The van der Waals surface area contributed by atoms with Crippen LogP contribution in [0.2, 0.25) is 0 Å². The summed E-state index contributed by atoms with van der Waals surface area (Å²) in [6.07, 6.45) is 3.95. The van der Waals surface area contributed by atoms with Crippen LogP contribution in [0.5, 0.6) is 5.75 Å². The van der Waals surface area contributed by atoms with E-state index in [9.17, 15) is 9.90 Å². The number of amides is 1. The second kappa shape index (κ2) is 5.78. The molecular formula is C19H16N4O2S. The van der Waals surface area contributed by atoms with E-state index in [2.05, 4.69) is 9.83 Å². The molecule has 6 nitrogen and oxygen atoms in total. The maximum Gasteiger partial charge on any atom is 0.272 e. The zero-order valence-electron chi connectivity index (χ0n) is 14.1. The number of hydrogen-bond acceptors (Lipinski definition) is 4. The summed E-state index contributed by atoms with van der Waals surface area (Å²) in [5, 5.41) is 9.97. The molecule has 0 bridgehead atoms. The molecule has 0 atom stereocenters. The van der Waals surface area contributed by atoms with Gasteiger partial charge in [0.1, 0.15) is 17.5 Å². The van der Waals surface area contributed by atoms with Gasteiger partial charge in [-0.25, -0.2) is 0 Å². The monoisotopic (exact) mass is 364 g/mol. The van der Waals surface area contributed by atoms with Crippen LogP contribution in [0.15, 0.2) is 36.5 Å². The maximum atomic E-state index is 13.3. The molecule has 1 aliphatic heterocycles. The van der Waals surface area contributed by atoms with Crippen LogP contribution in [0.1, 0.15) is 24.8 Å². The molecule has 1 aliphatic carbocycles. The molecule has 2 fully saturated rings. The summed E-state index contributed by atoms with van der Waals surface area (Å²) < 4.78 is 0. The second-order valence-electron chi connectivity index (χ2n) is 6.61. The van der Waals surface area contributed by atoms with Gasteiger partial charge in [0.05, 0.1) is 5.69 Å². The number of benzene rings is 1. The molecule has 1 aromatic heterocycles. The number of pyridine rings is 1. The van der Waals surface area contributed by atoms with Gasteiger partial charge in [-0.15, -0.1) is 4.98 Å². The van der Waals surface area contributed by atoms with Gasteiger partial charge >= 0.3 is 0 Å². The number of thiocarbonyl (C=S) groups is 1. The van der Waals surface area contributed by atoms with Crippen molar-refractivity contribution in [1.82, 2.24) is 4.98 Å². The lowest BCUT2D eigenvalue weighted by Gasteiger charge is -2.43. The number of rotatable bonds is 2. The number of aromatic nitrogens is 1. The summed E-state index contributed by atoms with van der Waals surface area (Å²) in [5.74, 6) is 0.429. The number of aryl methyl sites for hydroxylation is 1. The topological polar surface area (TPSA) is 61.0 Å². The first-order chi connectivity index (χ1) is 12.5. The number of carbonyl (C=O) groups excluding carboxylic acids is 1. The molecule has 7 heteroatoms. The molecule has 2 aliphatic rings. The summed E-state index contributed by atoms with van der Waals surface area (Å²) in [7, 11) is 0. The minimum absolute atomic E-state index is 0.0569. The van der Waals surface area contributed by atoms with E-state index < -0.39 is 5.54 Å². The van der Waals surface area contributed by atoms with Crippen molar-refractivity contribution in [1.29, 1.82) is 0 Å². The number of hydrogen-bond donors (Lipinski definition) is 1. The van der Waals surface area contributed by atoms with Crippen molar-refractivity contribution in [3.8, 4) is 5.75 Å². The number of phenolic OH excluding ortho intramolecular Hbond substituents is 1. The minimum Gasteiger partial charge on any atom is -0.508 e. The number of carbonyl (C=O) groups is 1. The SMILES string of the molecule is [C-]#[N+]c1ncc(N2C(=O)C3(CCC3)N(c3ccc(O)cc3)C2=S)cc1C. The average Bonchev–Trinajstić information content (AvgIpc) is 2.83. The van der Waals surface area contributed by atoms with Crippen LogP contribution in [-0.2, 0) is 4.79 Å². The molecular weight excluding hydrogens is 348 g/mol. The highest BCUT2D eigenvalue weighted by atomic mass is 32.1. The molecule has 0 radical (unpaired) electrons. The molecule has 130 valence electrons. The highest BCUT2D eigenvalue weighted by Crippen LogP contribution is 2.48. The van der Waals surface area contributed by atoms with Gasteiger partial charge in [0.25, 0.3) is 11.7 Å². The molecule has 1 N–H and O–H groups in total. The Labute approximate surface area is 156 Å². The molecule has 26 heavy (non-hydrogen) atoms. The van der Waals surface area contributed by atoms with Crippen molar-refractivity contribution in [2.75, 3.05) is 9.80 Å². The number of anilines is 2. The zero-order chi connectivity index (χ0) is 18.5. The molecule has 2 heterocycles. The fraction of sp³-hybridized carbons (Fsp3) is 0.263. The summed E-state index contributed by atoms with van der Waals surface area (Å²) in [4.78, 5) is 24.2. The van der Waals surface area contributed by atoms with Crippen molar-refractivity contribution >= 4 is 40.4 Å². The first-order valence-corrected chi connectivity index (χ1v) is 8.71. The van der Waals surface area contributed by atoms with Crippen LogP contribution in [0, 0.1) is 13.5 Å². The van der Waals surface area contributed by atoms with Gasteiger partial charge in [-0.2, -0.15) is 0 Å². The van der Waals surface area contributed by atoms with Crippen LogP contribution in [0.25, 0.3) is 4.85 Å². The lowest BCUT2D eigenvalue weighted by Crippen LogP contribution is -2.55. The van der Waals surface area contributed by atoms with Crippen LogP contribution >= 0.6 is 12.2 Å². The van der Waals surface area contributed by atoms with Crippen LogP contribution in [0.4, 0.5) is 17.2 Å². The molecule has 1 saturated carbocycles. The second-order valence-corrected chi connectivity index (χ2v) is 6.97. The molecule has 4 rings (SSSR count). The van der Waals surface area contributed by atoms with Gasteiger partial charge < -0.3 is 14.9 Å². The lowest BCUT2D eigenvalue weighted by molar-refractivity contribution is -0.123. The Hall–Kier alpha value is -2.98. The van der Waals surface area contributed by atoms with Gasteiger partial charge in [-0.1, -0.05) is 6.57 Å². The van der Waals surface area contributed by atoms with E-state index in [0.717, 1.165) is 24.9 Å². The third-order valence-electron chi connectivity index (χ3n) is 5.10. The van der Waals surface area contributed by atoms with Crippen LogP contribution in [0.3, 0.4) is 0 Å². The Balaban J connectivity index is 1.80. The van der Waals surface area contributed by atoms with Crippen molar-refractivity contribution in [2.24, 2.45) is 0 Å². The minimum atomic E-state index is -0.666. The molecule has 1 aromatic carbocycles. The number of nitrogens with zero attached hydrogens (tertiary/aromatic N) is 4. The van der Waals surface area contributed by atoms with Crippen LogP contribution < -0.4 is 9.80 Å². The Morgan fingerprint density at radius 3 is 2.50 bits per heavy atom. The Kier molecular flexibility index (Phi) is 3.67. The maximum absolute atomic E-state index is 13.3. The summed E-state index contributed by atoms with van der Waals surface area (Å²) >= 11 is 5.67. The highest BCUT2D eigenvalue weighted by Gasteiger charge is 2.59. The van der Waals surface area contributed by atoms with Crippen molar-refractivity contribution in [3.63, 3.8) is 0 Å². The zero-order valence-corrected chi connectivity index (χ0v) is 15.0. The third-order valence-corrected chi connectivity index (χ3v) is 5.47. The van der Waals surface area contributed by atoms with Crippen LogP contribution in [-0.4, -0.2) is 26.6 Å². The Morgan fingerprint density at radius 1 is 1.27 bits per heavy atom. The van der Waals surface area contributed by atoms with E-state index in [1.165, 1.54) is 11.1 Å². The van der Waals surface area contributed by atoms with Crippen molar-refractivity contribution < 1.29 is 9.90 Å². The smallest absolute Gasteiger partial charge is 0.272 e. The molecule has 1 saturated heterocycles. The van der Waals surface area contributed by atoms with Gasteiger partial charge in [-0.05, 0) is 74.3 Å². The van der Waals surface area contributed by atoms with Gasteiger partial charge in [-0.3, -0.25) is 9.69 Å². The molecule has 2 aromatic rings.